The molecule has 1 atom stereocenters. The van der Waals surface area contributed by atoms with Gasteiger partial charge in [-0.3, -0.25) is 0 Å². The Morgan fingerprint density at radius 2 is 1.93 bits per heavy atom. The molecule has 0 bridgehead atoms. The molecule has 0 radical (unpaired) electrons. The molecule has 0 aromatic heterocycles. The SMILES string of the molecule is CCC(CO)(CO)NC(C)CCOC. The molecule has 0 aliphatic rings. The largest absolute Gasteiger partial charge is 0.394 e. The monoisotopic (exact) mass is 205 g/mol. The number of aliphatic hydroxyl groups excluding tert-OH is 2. The molecule has 0 spiro atoms. The van der Waals surface area contributed by atoms with Crippen LogP contribution in [0.5, 0.6) is 0 Å². The molecule has 0 amide bonds. The van der Waals surface area contributed by atoms with Crippen LogP contribution >= 0.6 is 0 Å². The van der Waals surface area contributed by atoms with E-state index in [0.717, 1.165) is 6.42 Å². The maximum Gasteiger partial charge on any atom is 0.0647 e. The van der Waals surface area contributed by atoms with Gasteiger partial charge in [0.25, 0.3) is 0 Å². The molecule has 0 heterocycles. The molecule has 0 saturated heterocycles. The van der Waals surface area contributed by atoms with Crippen molar-refractivity contribution in [3.05, 3.63) is 0 Å². The van der Waals surface area contributed by atoms with Crippen molar-refractivity contribution < 1.29 is 14.9 Å². The number of aliphatic hydroxyl groups is 2. The van der Waals surface area contributed by atoms with Crippen molar-refractivity contribution in [2.75, 3.05) is 26.9 Å². The third kappa shape index (κ3) is 4.37. The highest BCUT2D eigenvalue weighted by molar-refractivity contribution is 4.87. The summed E-state index contributed by atoms with van der Waals surface area (Å²) in [7, 11) is 1.66. The van der Waals surface area contributed by atoms with Gasteiger partial charge in [0.2, 0.25) is 0 Å². The second-order valence-electron chi connectivity index (χ2n) is 3.78. The van der Waals surface area contributed by atoms with Crippen LogP contribution in [0.4, 0.5) is 0 Å². The molecular formula is C10H23NO3. The van der Waals surface area contributed by atoms with Gasteiger partial charge in [-0.25, -0.2) is 0 Å². The zero-order valence-electron chi connectivity index (χ0n) is 9.42. The van der Waals surface area contributed by atoms with Gasteiger partial charge in [0.05, 0.1) is 18.8 Å². The standard InChI is InChI=1S/C10H23NO3/c1-4-10(7-12,8-13)11-9(2)5-6-14-3/h9,11-13H,4-8H2,1-3H3. The first-order chi connectivity index (χ1) is 6.64. The fourth-order valence-electron chi connectivity index (χ4n) is 1.36. The molecule has 0 fully saturated rings. The maximum absolute atomic E-state index is 9.20. The minimum Gasteiger partial charge on any atom is -0.394 e. The van der Waals surface area contributed by atoms with Gasteiger partial charge in [0.1, 0.15) is 0 Å². The molecule has 14 heavy (non-hydrogen) atoms. The average molecular weight is 205 g/mol. The zero-order chi connectivity index (χ0) is 11.0. The van der Waals surface area contributed by atoms with Crippen LogP contribution in [0.2, 0.25) is 0 Å². The third-order valence-electron chi connectivity index (χ3n) is 2.59. The van der Waals surface area contributed by atoms with Crippen LogP contribution in [0.15, 0.2) is 0 Å². The van der Waals surface area contributed by atoms with E-state index in [0.29, 0.717) is 13.0 Å². The highest BCUT2D eigenvalue weighted by Crippen LogP contribution is 2.10. The van der Waals surface area contributed by atoms with Gasteiger partial charge in [-0.15, -0.1) is 0 Å². The van der Waals surface area contributed by atoms with Crippen molar-refractivity contribution >= 4 is 0 Å². The Balaban J connectivity index is 4.01. The lowest BCUT2D eigenvalue weighted by Gasteiger charge is -2.33. The first kappa shape index (κ1) is 13.8. The van der Waals surface area contributed by atoms with E-state index in [2.05, 4.69) is 5.32 Å². The van der Waals surface area contributed by atoms with Crippen LogP contribution in [-0.2, 0) is 4.74 Å². The highest BCUT2D eigenvalue weighted by atomic mass is 16.5. The highest BCUT2D eigenvalue weighted by Gasteiger charge is 2.27. The normalized spacial score (nSPS) is 14.4. The second kappa shape index (κ2) is 7.17. The molecular weight excluding hydrogens is 182 g/mol. The van der Waals surface area contributed by atoms with Crippen molar-refractivity contribution in [3.63, 3.8) is 0 Å². The van der Waals surface area contributed by atoms with Gasteiger partial charge in [0.15, 0.2) is 0 Å². The van der Waals surface area contributed by atoms with E-state index in [1.54, 1.807) is 7.11 Å². The van der Waals surface area contributed by atoms with Crippen molar-refractivity contribution in [2.45, 2.75) is 38.3 Å². The van der Waals surface area contributed by atoms with Crippen LogP contribution in [0.3, 0.4) is 0 Å². The van der Waals surface area contributed by atoms with Crippen molar-refractivity contribution in [1.29, 1.82) is 0 Å². The smallest absolute Gasteiger partial charge is 0.0647 e. The summed E-state index contributed by atoms with van der Waals surface area (Å²) in [4.78, 5) is 0. The Hall–Kier alpha value is -0.160. The fraction of sp³-hybridized carbons (Fsp3) is 1.00. The van der Waals surface area contributed by atoms with Gasteiger partial charge in [-0.1, -0.05) is 6.92 Å². The summed E-state index contributed by atoms with van der Waals surface area (Å²) in [6.07, 6.45) is 1.58. The number of hydrogen-bond acceptors (Lipinski definition) is 4. The Kier molecular flexibility index (Phi) is 7.09. The van der Waals surface area contributed by atoms with E-state index < -0.39 is 5.54 Å². The van der Waals surface area contributed by atoms with Crippen LogP contribution in [0.25, 0.3) is 0 Å². The third-order valence-corrected chi connectivity index (χ3v) is 2.59. The van der Waals surface area contributed by atoms with E-state index in [1.165, 1.54) is 0 Å². The summed E-state index contributed by atoms with van der Waals surface area (Å²) in [6, 6.07) is 0.231. The number of ether oxygens (including phenoxy) is 1. The van der Waals surface area contributed by atoms with Crippen LogP contribution in [0, 0.1) is 0 Å². The second-order valence-corrected chi connectivity index (χ2v) is 3.78. The fourth-order valence-corrected chi connectivity index (χ4v) is 1.36. The molecule has 0 aromatic rings. The van der Waals surface area contributed by atoms with Crippen molar-refractivity contribution in [3.8, 4) is 0 Å². The lowest BCUT2D eigenvalue weighted by Crippen LogP contribution is -2.54. The van der Waals surface area contributed by atoms with Gasteiger partial charge in [-0.2, -0.15) is 0 Å². The summed E-state index contributed by atoms with van der Waals surface area (Å²) in [5.41, 5.74) is -0.548. The Labute approximate surface area is 86.3 Å². The minimum atomic E-state index is -0.548. The Morgan fingerprint density at radius 3 is 2.29 bits per heavy atom. The predicted octanol–water partition coefficient (Wildman–Crippen LogP) is 0.134. The number of rotatable bonds is 8. The molecule has 0 saturated carbocycles. The Morgan fingerprint density at radius 1 is 1.36 bits per heavy atom. The van der Waals surface area contributed by atoms with Gasteiger partial charge >= 0.3 is 0 Å². The predicted molar refractivity (Wildman–Crippen MR) is 56.3 cm³/mol. The first-order valence-electron chi connectivity index (χ1n) is 5.12. The summed E-state index contributed by atoms with van der Waals surface area (Å²) >= 11 is 0. The summed E-state index contributed by atoms with van der Waals surface area (Å²) < 4.78 is 4.96. The zero-order valence-corrected chi connectivity index (χ0v) is 9.42. The van der Waals surface area contributed by atoms with E-state index in [9.17, 15) is 10.2 Å². The van der Waals surface area contributed by atoms with E-state index in [4.69, 9.17) is 4.74 Å². The van der Waals surface area contributed by atoms with Crippen LogP contribution in [0.1, 0.15) is 26.7 Å². The lowest BCUT2D eigenvalue weighted by atomic mass is 9.97. The average Bonchev–Trinajstić information content (AvgIpc) is 2.23. The molecule has 4 heteroatoms. The van der Waals surface area contributed by atoms with Gasteiger partial charge in [0, 0.05) is 19.8 Å². The van der Waals surface area contributed by atoms with Crippen LogP contribution in [-0.4, -0.2) is 48.7 Å². The van der Waals surface area contributed by atoms with Crippen molar-refractivity contribution in [2.24, 2.45) is 0 Å². The van der Waals surface area contributed by atoms with Crippen molar-refractivity contribution in [1.82, 2.24) is 5.32 Å². The molecule has 0 aliphatic carbocycles. The summed E-state index contributed by atoms with van der Waals surface area (Å²) in [5.74, 6) is 0. The molecule has 1 unspecified atom stereocenters. The van der Waals surface area contributed by atoms with Gasteiger partial charge < -0.3 is 20.3 Å². The molecule has 3 N–H and O–H groups in total. The summed E-state index contributed by atoms with van der Waals surface area (Å²) in [6.45, 7) is 4.57. The molecule has 0 aromatic carbocycles. The summed E-state index contributed by atoms with van der Waals surface area (Å²) in [5, 5.41) is 21.6. The lowest BCUT2D eigenvalue weighted by molar-refractivity contribution is 0.0739. The Bertz CT molecular complexity index is 129. The number of hydrogen-bond donors (Lipinski definition) is 3. The quantitative estimate of drug-likeness (QED) is 0.527. The van der Waals surface area contributed by atoms with E-state index in [1.807, 2.05) is 13.8 Å². The first-order valence-corrected chi connectivity index (χ1v) is 5.12. The van der Waals surface area contributed by atoms with Crippen LogP contribution < -0.4 is 5.32 Å². The molecule has 0 rings (SSSR count). The molecule has 86 valence electrons. The van der Waals surface area contributed by atoms with E-state index >= 15 is 0 Å². The number of methoxy groups -OCH3 is 1. The minimum absolute atomic E-state index is 0.0443. The molecule has 0 aliphatic heterocycles. The van der Waals surface area contributed by atoms with E-state index in [-0.39, 0.29) is 19.3 Å². The molecule has 4 nitrogen and oxygen atoms in total. The maximum atomic E-state index is 9.20. The number of nitrogens with one attached hydrogen (secondary N) is 1. The van der Waals surface area contributed by atoms with Gasteiger partial charge in [-0.05, 0) is 19.8 Å². The topological polar surface area (TPSA) is 61.7 Å².